The van der Waals surface area contributed by atoms with Gasteiger partial charge < -0.3 is 9.64 Å². The number of nitrogens with zero attached hydrogens (tertiary/aromatic N) is 1. The summed E-state index contributed by atoms with van der Waals surface area (Å²) in [6.45, 7) is 7.39. The molecule has 0 aliphatic carbocycles. The van der Waals surface area contributed by atoms with E-state index in [0.717, 1.165) is 26.1 Å². The largest absolute Gasteiger partial charge is 0.469 e. The van der Waals surface area contributed by atoms with Gasteiger partial charge in [-0.05, 0) is 19.5 Å². The van der Waals surface area contributed by atoms with Gasteiger partial charge >= 0.3 is 5.97 Å². The Kier molecular flexibility index (Phi) is 8.24. The number of hydrogen-bond acceptors (Lipinski definition) is 3. The minimum Gasteiger partial charge on any atom is -0.469 e. The molecule has 0 bridgehead atoms. The second kappa shape index (κ2) is 8.75. The standard InChI is InChI=1S/C11H21NO2/c1-4-12(5-2)10-8-6-7-9-11(13)14-3/h6,8H,4-5,7,9-10H2,1-3H3/b8-6+. The van der Waals surface area contributed by atoms with Crippen LogP contribution in [-0.2, 0) is 9.53 Å². The van der Waals surface area contributed by atoms with Crippen LogP contribution < -0.4 is 0 Å². The predicted molar refractivity (Wildman–Crippen MR) is 58.2 cm³/mol. The van der Waals surface area contributed by atoms with E-state index < -0.39 is 0 Å². The van der Waals surface area contributed by atoms with Crippen molar-refractivity contribution in [3.63, 3.8) is 0 Å². The summed E-state index contributed by atoms with van der Waals surface area (Å²) in [5, 5.41) is 0. The van der Waals surface area contributed by atoms with Gasteiger partial charge in [0.05, 0.1) is 7.11 Å². The van der Waals surface area contributed by atoms with Crippen LogP contribution in [0.5, 0.6) is 0 Å². The molecular formula is C11H21NO2. The summed E-state index contributed by atoms with van der Waals surface area (Å²) >= 11 is 0. The first-order valence-electron chi connectivity index (χ1n) is 5.18. The fourth-order valence-corrected chi connectivity index (χ4v) is 1.13. The molecule has 0 aromatic rings. The molecule has 82 valence electrons. The molecule has 3 heteroatoms. The number of ether oxygens (including phenoxy) is 1. The van der Waals surface area contributed by atoms with Crippen LogP contribution in [0.1, 0.15) is 26.7 Å². The van der Waals surface area contributed by atoms with Gasteiger partial charge in [0.1, 0.15) is 0 Å². The molecule has 0 amide bonds. The van der Waals surface area contributed by atoms with E-state index >= 15 is 0 Å². The molecule has 0 fully saturated rings. The molecule has 0 aromatic heterocycles. The van der Waals surface area contributed by atoms with E-state index in [1.807, 2.05) is 6.08 Å². The molecule has 0 N–H and O–H groups in total. The lowest BCUT2D eigenvalue weighted by Gasteiger charge is -2.14. The highest BCUT2D eigenvalue weighted by Gasteiger charge is 1.96. The fourth-order valence-electron chi connectivity index (χ4n) is 1.13. The Hall–Kier alpha value is -0.830. The molecule has 0 spiro atoms. The summed E-state index contributed by atoms with van der Waals surface area (Å²) in [6, 6.07) is 0. The summed E-state index contributed by atoms with van der Waals surface area (Å²) in [5.74, 6) is -0.141. The van der Waals surface area contributed by atoms with Gasteiger partial charge in [0.15, 0.2) is 0 Å². The third-order valence-electron chi connectivity index (χ3n) is 2.17. The van der Waals surface area contributed by atoms with Gasteiger partial charge in [0.25, 0.3) is 0 Å². The summed E-state index contributed by atoms with van der Waals surface area (Å²) in [4.78, 5) is 13.1. The smallest absolute Gasteiger partial charge is 0.305 e. The van der Waals surface area contributed by atoms with Crippen LogP contribution in [-0.4, -0.2) is 37.6 Å². The molecule has 0 heterocycles. The normalized spacial score (nSPS) is 11.1. The fraction of sp³-hybridized carbons (Fsp3) is 0.727. The summed E-state index contributed by atoms with van der Waals surface area (Å²) in [7, 11) is 1.42. The van der Waals surface area contributed by atoms with Gasteiger partial charge in [0.2, 0.25) is 0 Å². The number of hydrogen-bond donors (Lipinski definition) is 0. The highest BCUT2D eigenvalue weighted by atomic mass is 16.5. The Bertz CT molecular complexity index is 174. The molecule has 0 unspecified atom stereocenters. The topological polar surface area (TPSA) is 29.5 Å². The first-order valence-corrected chi connectivity index (χ1v) is 5.18. The van der Waals surface area contributed by atoms with Crippen LogP contribution >= 0.6 is 0 Å². The third kappa shape index (κ3) is 6.66. The summed E-state index contributed by atoms with van der Waals surface area (Å²) in [6.07, 6.45) is 5.39. The molecule has 0 aliphatic heterocycles. The number of likely N-dealkylation sites (N-methyl/N-ethyl adjacent to an activating group) is 1. The highest BCUT2D eigenvalue weighted by Crippen LogP contribution is 1.94. The number of methoxy groups -OCH3 is 1. The Balaban J connectivity index is 3.48. The first-order chi connectivity index (χ1) is 6.74. The molecule has 0 saturated carbocycles. The minimum absolute atomic E-state index is 0.141. The number of allylic oxidation sites excluding steroid dienone is 1. The zero-order valence-electron chi connectivity index (χ0n) is 9.45. The molecule has 0 rings (SSSR count). The van der Waals surface area contributed by atoms with E-state index in [4.69, 9.17) is 0 Å². The van der Waals surface area contributed by atoms with Crippen molar-refractivity contribution in [2.75, 3.05) is 26.7 Å². The van der Waals surface area contributed by atoms with Gasteiger partial charge in [-0.3, -0.25) is 4.79 Å². The number of carbonyl (C=O) groups excluding carboxylic acids is 1. The van der Waals surface area contributed by atoms with Crippen LogP contribution in [0.2, 0.25) is 0 Å². The second-order valence-corrected chi connectivity index (χ2v) is 3.07. The van der Waals surface area contributed by atoms with Gasteiger partial charge in [0, 0.05) is 13.0 Å². The zero-order chi connectivity index (χ0) is 10.8. The van der Waals surface area contributed by atoms with Crippen LogP contribution in [0.4, 0.5) is 0 Å². The lowest BCUT2D eigenvalue weighted by Crippen LogP contribution is -2.22. The average Bonchev–Trinajstić information content (AvgIpc) is 2.23. The van der Waals surface area contributed by atoms with Crippen molar-refractivity contribution in [2.24, 2.45) is 0 Å². The lowest BCUT2D eigenvalue weighted by atomic mass is 10.3. The Morgan fingerprint density at radius 1 is 1.29 bits per heavy atom. The Morgan fingerprint density at radius 3 is 2.43 bits per heavy atom. The zero-order valence-corrected chi connectivity index (χ0v) is 9.45. The van der Waals surface area contributed by atoms with Crippen LogP contribution in [0.25, 0.3) is 0 Å². The molecule has 3 nitrogen and oxygen atoms in total. The van der Waals surface area contributed by atoms with E-state index in [1.165, 1.54) is 7.11 Å². The maximum atomic E-state index is 10.8. The summed E-state index contributed by atoms with van der Waals surface area (Å²) < 4.78 is 4.54. The molecule has 14 heavy (non-hydrogen) atoms. The van der Waals surface area contributed by atoms with Crippen molar-refractivity contribution in [1.29, 1.82) is 0 Å². The lowest BCUT2D eigenvalue weighted by molar-refractivity contribution is -0.140. The maximum absolute atomic E-state index is 10.8. The van der Waals surface area contributed by atoms with Crippen LogP contribution in [0, 0.1) is 0 Å². The van der Waals surface area contributed by atoms with Crippen molar-refractivity contribution < 1.29 is 9.53 Å². The summed E-state index contributed by atoms with van der Waals surface area (Å²) in [5.41, 5.74) is 0. The van der Waals surface area contributed by atoms with E-state index in [9.17, 15) is 4.79 Å². The molecular weight excluding hydrogens is 178 g/mol. The number of esters is 1. The van der Waals surface area contributed by atoms with Gasteiger partial charge in [-0.2, -0.15) is 0 Å². The molecule has 0 atom stereocenters. The molecule has 0 aromatic carbocycles. The predicted octanol–water partition coefficient (Wildman–Crippen LogP) is 1.84. The van der Waals surface area contributed by atoms with Crippen LogP contribution in [0.3, 0.4) is 0 Å². The highest BCUT2D eigenvalue weighted by molar-refractivity contribution is 5.69. The SMILES string of the molecule is CCN(CC)C/C=C/CCC(=O)OC. The third-order valence-corrected chi connectivity index (χ3v) is 2.17. The average molecular weight is 199 g/mol. The number of rotatable bonds is 7. The van der Waals surface area contributed by atoms with Gasteiger partial charge in [-0.1, -0.05) is 26.0 Å². The Labute approximate surface area is 86.7 Å². The van der Waals surface area contributed by atoms with Crippen LogP contribution in [0.15, 0.2) is 12.2 Å². The maximum Gasteiger partial charge on any atom is 0.305 e. The van der Waals surface area contributed by atoms with Crippen molar-refractivity contribution in [1.82, 2.24) is 4.90 Å². The molecule has 0 radical (unpaired) electrons. The quantitative estimate of drug-likeness (QED) is 0.463. The van der Waals surface area contributed by atoms with E-state index in [0.29, 0.717) is 6.42 Å². The minimum atomic E-state index is -0.141. The molecule has 0 aliphatic rings. The van der Waals surface area contributed by atoms with Crippen molar-refractivity contribution in [2.45, 2.75) is 26.7 Å². The first kappa shape index (κ1) is 13.2. The second-order valence-electron chi connectivity index (χ2n) is 3.07. The van der Waals surface area contributed by atoms with E-state index in [1.54, 1.807) is 0 Å². The molecule has 0 saturated heterocycles. The number of carbonyl (C=O) groups is 1. The van der Waals surface area contributed by atoms with Crippen molar-refractivity contribution in [3.8, 4) is 0 Å². The van der Waals surface area contributed by atoms with Crippen molar-refractivity contribution >= 4 is 5.97 Å². The van der Waals surface area contributed by atoms with Gasteiger partial charge in [-0.15, -0.1) is 0 Å². The monoisotopic (exact) mass is 199 g/mol. The Morgan fingerprint density at radius 2 is 1.93 bits per heavy atom. The van der Waals surface area contributed by atoms with E-state index in [-0.39, 0.29) is 5.97 Å². The van der Waals surface area contributed by atoms with E-state index in [2.05, 4.69) is 29.6 Å². The van der Waals surface area contributed by atoms with Crippen molar-refractivity contribution in [3.05, 3.63) is 12.2 Å². The van der Waals surface area contributed by atoms with Gasteiger partial charge in [-0.25, -0.2) is 0 Å².